The van der Waals surface area contributed by atoms with E-state index < -0.39 is 75.0 Å². The number of hydrogen-bond donors (Lipinski definition) is 2. The molecule has 0 radical (unpaired) electrons. The summed E-state index contributed by atoms with van der Waals surface area (Å²) in [6.07, 6.45) is -9.45. The highest BCUT2D eigenvalue weighted by molar-refractivity contribution is 6.59. The molecule has 3 aromatic rings. The van der Waals surface area contributed by atoms with Gasteiger partial charge in [-0.15, -0.1) is 13.2 Å². The standard InChI is InChI=1S/C22H16B3F8N3O4/c23-20(24,25)15-12(3-4-13(17(15)27)40-22(31,32)33)39-11-2-1-9(21(28,29)30)16(26)14(11)19(38)36-8-5-6-35-10(7-8)18(34)37/h1-7H,23-25H2,(H2,34,37)(H,35,36,38). The molecular formula is C22H16B3F8N3O4. The quantitative estimate of drug-likeness (QED) is 0.336. The van der Waals surface area contributed by atoms with Gasteiger partial charge in [0.05, 0.1) is 29.1 Å². The van der Waals surface area contributed by atoms with Gasteiger partial charge < -0.3 is 20.5 Å². The van der Waals surface area contributed by atoms with Crippen molar-refractivity contribution in [3.63, 3.8) is 0 Å². The summed E-state index contributed by atoms with van der Waals surface area (Å²) in [5, 5.41) is 0.819. The Kier molecular flexibility index (Phi) is 8.13. The van der Waals surface area contributed by atoms with Crippen LogP contribution >= 0.6 is 0 Å². The molecule has 0 aliphatic carbocycles. The fourth-order valence-corrected chi connectivity index (χ4v) is 3.56. The van der Waals surface area contributed by atoms with Crippen molar-refractivity contribution in [1.29, 1.82) is 0 Å². The first-order valence-corrected chi connectivity index (χ1v) is 11.0. The molecule has 18 heteroatoms. The number of benzene rings is 2. The normalized spacial score (nSPS) is 12.1. The summed E-state index contributed by atoms with van der Waals surface area (Å²) in [6, 6.07) is 4.33. The third kappa shape index (κ3) is 6.85. The molecule has 0 saturated carbocycles. The summed E-state index contributed by atoms with van der Waals surface area (Å²) in [5.74, 6) is -8.62. The smallest absolute Gasteiger partial charge is 0.456 e. The molecule has 0 fully saturated rings. The lowest BCUT2D eigenvalue weighted by atomic mass is 9.40. The van der Waals surface area contributed by atoms with E-state index >= 15 is 8.78 Å². The molecule has 1 aromatic heterocycles. The molecule has 0 spiro atoms. The molecule has 40 heavy (non-hydrogen) atoms. The van der Waals surface area contributed by atoms with Crippen LogP contribution in [0.2, 0.25) is 0 Å². The highest BCUT2D eigenvalue weighted by atomic mass is 19.4. The van der Waals surface area contributed by atoms with E-state index in [9.17, 15) is 35.9 Å². The Morgan fingerprint density at radius 3 is 2.02 bits per heavy atom. The van der Waals surface area contributed by atoms with Crippen molar-refractivity contribution in [2.45, 2.75) is 17.7 Å². The van der Waals surface area contributed by atoms with E-state index in [1.165, 1.54) is 23.5 Å². The Balaban J connectivity index is 2.17. The molecule has 0 aliphatic heterocycles. The van der Waals surface area contributed by atoms with Crippen LogP contribution in [0, 0.1) is 11.6 Å². The number of nitrogens with one attached hydrogen (secondary N) is 1. The summed E-state index contributed by atoms with van der Waals surface area (Å²) >= 11 is 0. The average molecular weight is 571 g/mol. The summed E-state index contributed by atoms with van der Waals surface area (Å²) in [7, 11) is 4.16. The van der Waals surface area contributed by atoms with E-state index in [4.69, 9.17) is 10.5 Å². The summed E-state index contributed by atoms with van der Waals surface area (Å²) in [4.78, 5) is 28.0. The lowest BCUT2D eigenvalue weighted by Crippen LogP contribution is -2.30. The van der Waals surface area contributed by atoms with Crippen LogP contribution in [-0.2, 0) is 11.3 Å². The fraction of sp³-hybridized carbons (Fsp3) is 0.136. The molecule has 1 heterocycles. The number of carbonyl (C=O) groups excluding carboxylic acids is 2. The third-order valence-corrected chi connectivity index (χ3v) is 5.17. The van der Waals surface area contributed by atoms with Crippen LogP contribution in [0.3, 0.4) is 0 Å². The molecule has 0 bridgehead atoms. The third-order valence-electron chi connectivity index (χ3n) is 5.17. The summed E-state index contributed by atoms with van der Waals surface area (Å²) in [5.41, 5.74) is 0.954. The maximum atomic E-state index is 15.2. The van der Waals surface area contributed by atoms with Gasteiger partial charge in [0.1, 0.15) is 22.8 Å². The van der Waals surface area contributed by atoms with Crippen molar-refractivity contribution in [2.75, 3.05) is 5.32 Å². The molecule has 2 amide bonds. The van der Waals surface area contributed by atoms with Crippen LogP contribution in [-0.4, -0.2) is 46.7 Å². The zero-order valence-corrected chi connectivity index (χ0v) is 20.7. The number of primary amides is 1. The number of rotatable bonds is 7. The van der Waals surface area contributed by atoms with Gasteiger partial charge in [-0.1, -0.05) is 5.11 Å². The topological polar surface area (TPSA) is 104 Å². The predicted octanol–water partition coefficient (Wildman–Crippen LogP) is 2.43. The van der Waals surface area contributed by atoms with E-state index in [0.717, 1.165) is 24.4 Å². The lowest BCUT2D eigenvalue weighted by Gasteiger charge is -2.25. The minimum Gasteiger partial charge on any atom is -0.456 e. The van der Waals surface area contributed by atoms with Crippen molar-refractivity contribution in [3.05, 3.63) is 76.6 Å². The molecule has 7 nitrogen and oxygen atoms in total. The van der Waals surface area contributed by atoms with Gasteiger partial charge in [-0.05, 0) is 36.4 Å². The summed E-state index contributed by atoms with van der Waals surface area (Å²) < 4.78 is 118. The number of hydrogen-bond acceptors (Lipinski definition) is 5. The molecule has 0 unspecified atom stereocenters. The Hall–Kier alpha value is -4.24. The average Bonchev–Trinajstić information content (AvgIpc) is 2.78. The fourth-order valence-electron chi connectivity index (χ4n) is 3.56. The molecule has 208 valence electrons. The minimum atomic E-state index is -5.25. The van der Waals surface area contributed by atoms with Crippen LogP contribution in [0.25, 0.3) is 0 Å². The Morgan fingerprint density at radius 2 is 1.48 bits per heavy atom. The SMILES string of the molecule is BC(B)(B)c1c(Oc2ccc(C(F)(F)F)c(F)c2C(=O)Nc2ccnc(C(N)=O)c2)ccc(OC(F)(F)F)c1F. The lowest BCUT2D eigenvalue weighted by molar-refractivity contribution is -0.275. The minimum absolute atomic E-state index is 0.202. The van der Waals surface area contributed by atoms with Gasteiger partial charge in [0.25, 0.3) is 11.8 Å². The number of carbonyl (C=O) groups is 2. The molecule has 2 aromatic carbocycles. The van der Waals surface area contributed by atoms with Crippen LogP contribution in [0.4, 0.5) is 40.8 Å². The van der Waals surface area contributed by atoms with Crippen molar-refractivity contribution >= 4 is 41.0 Å². The molecule has 3 N–H and O–H groups in total. The molecule has 0 saturated heterocycles. The van der Waals surface area contributed by atoms with E-state index in [0.29, 0.717) is 12.1 Å². The van der Waals surface area contributed by atoms with E-state index in [1.54, 1.807) is 0 Å². The number of nitrogens with two attached hydrogens (primary N) is 1. The first-order chi connectivity index (χ1) is 18.3. The second kappa shape index (κ2) is 10.7. The van der Waals surface area contributed by atoms with Gasteiger partial charge in [0, 0.05) is 17.4 Å². The number of anilines is 1. The summed E-state index contributed by atoms with van der Waals surface area (Å²) in [6.45, 7) is 0. The van der Waals surface area contributed by atoms with Gasteiger partial charge in [0.2, 0.25) is 0 Å². The van der Waals surface area contributed by atoms with Gasteiger partial charge >= 0.3 is 12.5 Å². The van der Waals surface area contributed by atoms with Crippen molar-refractivity contribution < 1.29 is 54.2 Å². The Labute approximate surface area is 223 Å². The number of ether oxygens (including phenoxy) is 2. The highest BCUT2D eigenvalue weighted by Gasteiger charge is 2.38. The number of halogens is 8. The number of pyridine rings is 1. The Morgan fingerprint density at radius 1 is 0.875 bits per heavy atom. The zero-order valence-electron chi connectivity index (χ0n) is 20.7. The maximum absolute atomic E-state index is 15.2. The van der Waals surface area contributed by atoms with Crippen molar-refractivity contribution in [1.82, 2.24) is 4.98 Å². The first kappa shape index (κ1) is 30.3. The van der Waals surface area contributed by atoms with Gasteiger partial charge in [-0.3, -0.25) is 14.6 Å². The molecule has 0 atom stereocenters. The van der Waals surface area contributed by atoms with E-state index in [1.807, 2.05) is 0 Å². The first-order valence-electron chi connectivity index (χ1n) is 11.0. The second-order valence-electron chi connectivity index (χ2n) is 9.20. The van der Waals surface area contributed by atoms with E-state index in [2.05, 4.69) is 15.0 Å². The molecular weight excluding hydrogens is 555 g/mol. The van der Waals surface area contributed by atoms with Gasteiger partial charge in [-0.2, -0.15) is 13.2 Å². The molecule has 0 aliphatic rings. The van der Waals surface area contributed by atoms with Crippen LogP contribution in [0.15, 0.2) is 42.6 Å². The Bertz CT molecular complexity index is 1480. The number of aromatic nitrogens is 1. The zero-order chi connectivity index (χ0) is 30.2. The molecule has 3 rings (SSSR count). The van der Waals surface area contributed by atoms with Crippen LogP contribution in [0.1, 0.15) is 32.0 Å². The van der Waals surface area contributed by atoms with Gasteiger partial charge in [-0.25, -0.2) is 8.78 Å². The predicted molar refractivity (Wildman–Crippen MR) is 133 cm³/mol. The van der Waals surface area contributed by atoms with E-state index in [-0.39, 0.29) is 17.4 Å². The number of nitrogens with zero attached hydrogens (tertiary/aromatic N) is 1. The number of alkyl halides is 6. The van der Waals surface area contributed by atoms with Crippen LogP contribution < -0.4 is 20.5 Å². The number of amides is 2. The largest absolute Gasteiger partial charge is 0.573 e. The monoisotopic (exact) mass is 571 g/mol. The van der Waals surface area contributed by atoms with Crippen LogP contribution in [0.5, 0.6) is 17.2 Å². The second-order valence-corrected chi connectivity index (χ2v) is 9.20. The van der Waals surface area contributed by atoms with Gasteiger partial charge in [0.15, 0.2) is 17.4 Å². The highest BCUT2D eigenvalue weighted by Crippen LogP contribution is 2.41. The van der Waals surface area contributed by atoms with Crippen molar-refractivity contribution in [3.8, 4) is 17.2 Å². The maximum Gasteiger partial charge on any atom is 0.573 e. The van der Waals surface area contributed by atoms with Crippen molar-refractivity contribution in [2.24, 2.45) is 5.73 Å².